The van der Waals surface area contributed by atoms with E-state index >= 15 is 0 Å². The molecule has 1 unspecified atom stereocenters. The molecule has 0 saturated heterocycles. The quantitative estimate of drug-likeness (QED) is 0.333. The molecule has 0 rings (SSSR count). The molecule has 4 heteroatoms. The Labute approximate surface area is 66.5 Å². The highest BCUT2D eigenvalue weighted by atomic mass is 16.6. The van der Waals surface area contributed by atoms with Gasteiger partial charge in [0.15, 0.2) is 0 Å². The van der Waals surface area contributed by atoms with Gasteiger partial charge in [0, 0.05) is 6.92 Å². The zero-order valence-corrected chi connectivity index (χ0v) is 6.96. The molecule has 66 valence electrons. The molecular formula is C7H15NO3. The summed E-state index contributed by atoms with van der Waals surface area (Å²) < 4.78 is 4.92. The molecule has 0 spiro atoms. The fraction of sp³-hybridized carbons (Fsp3) is 0.857. The van der Waals surface area contributed by atoms with Gasteiger partial charge in [-0.15, -0.1) is 0 Å². The Kier molecular flexibility index (Phi) is 4.81. The van der Waals surface area contributed by atoms with E-state index in [-0.39, 0.29) is 0 Å². The predicted octanol–water partition coefficient (Wildman–Crippen LogP) is 0.215. The number of ether oxygens (including phenoxy) is 1. The van der Waals surface area contributed by atoms with E-state index < -0.39 is 5.91 Å². The van der Waals surface area contributed by atoms with E-state index in [9.17, 15) is 9.90 Å². The molecule has 0 aliphatic carbocycles. The standard InChI is InChI=1S/C7H15NO3/c1-3-4-5-11-7(2,10)8-6-9/h6,10H,3-5H2,1-2H3,(H,8,9). The van der Waals surface area contributed by atoms with Crippen LogP contribution in [0.2, 0.25) is 0 Å². The van der Waals surface area contributed by atoms with E-state index in [0.29, 0.717) is 13.0 Å². The van der Waals surface area contributed by atoms with Gasteiger partial charge in [-0.05, 0) is 6.42 Å². The van der Waals surface area contributed by atoms with Crippen LogP contribution in [0.3, 0.4) is 0 Å². The van der Waals surface area contributed by atoms with Crippen molar-refractivity contribution in [2.45, 2.75) is 32.6 Å². The first kappa shape index (κ1) is 10.4. The van der Waals surface area contributed by atoms with Gasteiger partial charge in [-0.3, -0.25) is 4.79 Å². The molecule has 11 heavy (non-hydrogen) atoms. The Bertz CT molecular complexity index is 114. The average molecular weight is 161 g/mol. The molecule has 0 fully saturated rings. The summed E-state index contributed by atoms with van der Waals surface area (Å²) in [7, 11) is 0. The zero-order valence-electron chi connectivity index (χ0n) is 6.96. The molecule has 0 saturated carbocycles. The van der Waals surface area contributed by atoms with Crippen LogP contribution in [0.15, 0.2) is 0 Å². The van der Waals surface area contributed by atoms with Crippen molar-refractivity contribution in [2.24, 2.45) is 0 Å². The second-order valence-corrected chi connectivity index (χ2v) is 2.45. The van der Waals surface area contributed by atoms with Crippen molar-refractivity contribution < 1.29 is 14.6 Å². The number of hydrogen-bond acceptors (Lipinski definition) is 3. The van der Waals surface area contributed by atoms with E-state index in [0.717, 1.165) is 12.8 Å². The lowest BCUT2D eigenvalue weighted by atomic mass is 10.4. The van der Waals surface area contributed by atoms with Gasteiger partial charge in [0.1, 0.15) is 0 Å². The predicted molar refractivity (Wildman–Crippen MR) is 40.7 cm³/mol. The molecule has 2 N–H and O–H groups in total. The molecule has 0 aliphatic rings. The number of rotatable bonds is 6. The van der Waals surface area contributed by atoms with Gasteiger partial charge in [0.25, 0.3) is 0 Å². The SMILES string of the molecule is CCCCOC(C)(O)NC=O. The lowest BCUT2D eigenvalue weighted by molar-refractivity contribution is -0.208. The third kappa shape index (κ3) is 5.82. The lowest BCUT2D eigenvalue weighted by Crippen LogP contribution is -2.44. The van der Waals surface area contributed by atoms with Crippen LogP contribution in [-0.2, 0) is 9.53 Å². The van der Waals surface area contributed by atoms with Crippen molar-refractivity contribution in [1.29, 1.82) is 0 Å². The molecular weight excluding hydrogens is 146 g/mol. The first-order valence-corrected chi connectivity index (χ1v) is 3.70. The molecule has 0 aromatic rings. The summed E-state index contributed by atoms with van der Waals surface area (Å²) >= 11 is 0. The van der Waals surface area contributed by atoms with Gasteiger partial charge in [-0.1, -0.05) is 13.3 Å². The Morgan fingerprint density at radius 2 is 2.36 bits per heavy atom. The summed E-state index contributed by atoms with van der Waals surface area (Å²) in [6.07, 6.45) is 2.28. The van der Waals surface area contributed by atoms with Crippen LogP contribution in [0.25, 0.3) is 0 Å². The van der Waals surface area contributed by atoms with Gasteiger partial charge in [-0.2, -0.15) is 0 Å². The number of aliphatic hydroxyl groups is 1. The van der Waals surface area contributed by atoms with Crippen molar-refractivity contribution in [3.63, 3.8) is 0 Å². The lowest BCUT2D eigenvalue weighted by Gasteiger charge is -2.21. The third-order valence-corrected chi connectivity index (χ3v) is 1.21. The van der Waals surface area contributed by atoms with Crippen molar-refractivity contribution >= 4 is 6.41 Å². The minimum atomic E-state index is -1.52. The Balaban J connectivity index is 3.45. The fourth-order valence-corrected chi connectivity index (χ4v) is 0.566. The minimum absolute atomic E-state index is 0.409. The number of carbonyl (C=O) groups excluding carboxylic acids is 1. The molecule has 0 radical (unpaired) electrons. The molecule has 0 aromatic carbocycles. The normalized spacial score (nSPS) is 15.5. The number of amides is 1. The largest absolute Gasteiger partial charge is 0.349 e. The van der Waals surface area contributed by atoms with E-state index in [1.165, 1.54) is 6.92 Å². The van der Waals surface area contributed by atoms with Crippen molar-refractivity contribution in [3.8, 4) is 0 Å². The average Bonchev–Trinajstić information content (AvgIpc) is 1.87. The molecule has 4 nitrogen and oxygen atoms in total. The second kappa shape index (κ2) is 5.09. The summed E-state index contributed by atoms with van der Waals surface area (Å²) in [6, 6.07) is 0. The van der Waals surface area contributed by atoms with Gasteiger partial charge in [-0.25, -0.2) is 0 Å². The summed E-state index contributed by atoms with van der Waals surface area (Å²) in [5, 5.41) is 11.3. The summed E-state index contributed by atoms with van der Waals surface area (Å²) in [6.45, 7) is 3.85. The van der Waals surface area contributed by atoms with Gasteiger partial charge in [0.2, 0.25) is 12.3 Å². The summed E-state index contributed by atoms with van der Waals surface area (Å²) in [5.41, 5.74) is 0. The summed E-state index contributed by atoms with van der Waals surface area (Å²) in [4.78, 5) is 9.90. The van der Waals surface area contributed by atoms with Crippen LogP contribution < -0.4 is 5.32 Å². The maximum atomic E-state index is 9.90. The highest BCUT2D eigenvalue weighted by Gasteiger charge is 2.18. The highest BCUT2D eigenvalue weighted by Crippen LogP contribution is 2.00. The first-order chi connectivity index (χ1) is 5.12. The zero-order chi connectivity index (χ0) is 8.74. The van der Waals surface area contributed by atoms with Crippen LogP contribution in [0.1, 0.15) is 26.7 Å². The van der Waals surface area contributed by atoms with Gasteiger partial charge in [0.05, 0.1) is 6.61 Å². The number of unbranched alkanes of at least 4 members (excludes halogenated alkanes) is 1. The van der Waals surface area contributed by atoms with E-state index in [1.807, 2.05) is 6.92 Å². The molecule has 0 aromatic heterocycles. The van der Waals surface area contributed by atoms with E-state index in [2.05, 4.69) is 5.32 Å². The molecule has 0 bridgehead atoms. The Hall–Kier alpha value is -0.610. The Morgan fingerprint density at radius 3 is 2.82 bits per heavy atom. The second-order valence-electron chi connectivity index (χ2n) is 2.45. The third-order valence-electron chi connectivity index (χ3n) is 1.21. The molecule has 1 amide bonds. The van der Waals surface area contributed by atoms with Gasteiger partial charge < -0.3 is 15.2 Å². The van der Waals surface area contributed by atoms with Crippen LogP contribution >= 0.6 is 0 Å². The highest BCUT2D eigenvalue weighted by molar-refractivity contribution is 5.46. The molecule has 1 atom stereocenters. The smallest absolute Gasteiger partial charge is 0.245 e. The van der Waals surface area contributed by atoms with Crippen molar-refractivity contribution in [2.75, 3.05) is 6.61 Å². The molecule has 0 heterocycles. The maximum Gasteiger partial charge on any atom is 0.245 e. The minimum Gasteiger partial charge on any atom is -0.349 e. The van der Waals surface area contributed by atoms with Crippen molar-refractivity contribution in [1.82, 2.24) is 5.32 Å². The van der Waals surface area contributed by atoms with Crippen LogP contribution in [-0.4, -0.2) is 24.0 Å². The number of carbonyl (C=O) groups is 1. The summed E-state index contributed by atoms with van der Waals surface area (Å²) in [5.74, 6) is -1.52. The van der Waals surface area contributed by atoms with Gasteiger partial charge >= 0.3 is 0 Å². The van der Waals surface area contributed by atoms with Crippen LogP contribution in [0.5, 0.6) is 0 Å². The fourth-order valence-electron chi connectivity index (χ4n) is 0.566. The van der Waals surface area contributed by atoms with Crippen molar-refractivity contribution in [3.05, 3.63) is 0 Å². The monoisotopic (exact) mass is 161 g/mol. The topological polar surface area (TPSA) is 58.6 Å². The van der Waals surface area contributed by atoms with E-state index in [1.54, 1.807) is 0 Å². The first-order valence-electron chi connectivity index (χ1n) is 3.70. The van der Waals surface area contributed by atoms with Crippen LogP contribution in [0.4, 0.5) is 0 Å². The van der Waals surface area contributed by atoms with E-state index in [4.69, 9.17) is 4.74 Å². The number of hydrogen-bond donors (Lipinski definition) is 2. The molecule has 0 aliphatic heterocycles. The van der Waals surface area contributed by atoms with Crippen LogP contribution in [0, 0.1) is 0 Å². The maximum absolute atomic E-state index is 9.90. The Morgan fingerprint density at radius 1 is 1.73 bits per heavy atom. The number of nitrogens with one attached hydrogen (secondary N) is 1.